The number of benzene rings is 2. The molecule has 0 spiro atoms. The second-order valence-electron chi connectivity index (χ2n) is 5.39. The Morgan fingerprint density at radius 1 is 1.05 bits per heavy atom. The highest BCUT2D eigenvalue weighted by molar-refractivity contribution is 7.90. The molecule has 21 heavy (non-hydrogen) atoms. The zero-order valence-electron chi connectivity index (χ0n) is 11.5. The van der Waals surface area contributed by atoms with Gasteiger partial charge in [-0.15, -0.1) is 0 Å². The summed E-state index contributed by atoms with van der Waals surface area (Å²) >= 11 is 6.06. The van der Waals surface area contributed by atoms with Gasteiger partial charge >= 0.3 is 0 Å². The average molecular weight is 322 g/mol. The molecular formula is C16H16ClNO2S. The topological polar surface area (TPSA) is 60.2 Å². The van der Waals surface area contributed by atoms with Crippen LogP contribution in [0.4, 0.5) is 5.69 Å². The number of hydrogen-bond acceptors (Lipinski definition) is 3. The minimum Gasteiger partial charge on any atom is -0.399 e. The van der Waals surface area contributed by atoms with Crippen molar-refractivity contribution in [2.75, 3.05) is 5.73 Å². The highest BCUT2D eigenvalue weighted by Crippen LogP contribution is 2.28. The Morgan fingerprint density at radius 2 is 1.81 bits per heavy atom. The fourth-order valence-corrected chi connectivity index (χ4v) is 4.41. The van der Waals surface area contributed by atoms with Crippen LogP contribution in [-0.2, 0) is 28.4 Å². The standard InChI is InChI=1S/C16H16ClNO2S/c17-16-7-5-14(18)8-13(16)10-21(19,20)15-6-4-11-2-1-3-12(11)9-15/h4-9H,1-3,10,18H2. The van der Waals surface area contributed by atoms with Crippen molar-refractivity contribution in [2.24, 2.45) is 0 Å². The van der Waals surface area contributed by atoms with E-state index in [1.54, 1.807) is 30.3 Å². The second kappa shape index (κ2) is 5.35. The van der Waals surface area contributed by atoms with Crippen LogP contribution in [0.2, 0.25) is 5.02 Å². The molecule has 0 unspecified atom stereocenters. The van der Waals surface area contributed by atoms with Gasteiger partial charge in [-0.25, -0.2) is 8.42 Å². The minimum absolute atomic E-state index is 0.129. The van der Waals surface area contributed by atoms with Crippen molar-refractivity contribution in [3.8, 4) is 0 Å². The smallest absolute Gasteiger partial charge is 0.182 e. The number of sulfone groups is 1. The molecule has 2 aromatic carbocycles. The first-order valence-electron chi connectivity index (χ1n) is 6.84. The summed E-state index contributed by atoms with van der Waals surface area (Å²) in [7, 11) is -3.41. The highest BCUT2D eigenvalue weighted by atomic mass is 35.5. The molecular weight excluding hydrogens is 306 g/mol. The molecule has 0 saturated carbocycles. The summed E-state index contributed by atoms with van der Waals surface area (Å²) < 4.78 is 25.1. The molecule has 1 aliphatic rings. The lowest BCUT2D eigenvalue weighted by Gasteiger charge is -2.09. The maximum atomic E-state index is 12.6. The van der Waals surface area contributed by atoms with E-state index in [4.69, 9.17) is 17.3 Å². The average Bonchev–Trinajstić information content (AvgIpc) is 2.90. The molecule has 0 atom stereocenters. The van der Waals surface area contributed by atoms with Gasteiger partial charge in [-0.1, -0.05) is 17.7 Å². The van der Waals surface area contributed by atoms with E-state index in [1.807, 2.05) is 6.07 Å². The third kappa shape index (κ3) is 2.92. The molecule has 110 valence electrons. The number of rotatable bonds is 3. The SMILES string of the molecule is Nc1ccc(Cl)c(CS(=O)(=O)c2ccc3c(c2)CCC3)c1. The Balaban J connectivity index is 1.95. The lowest BCUT2D eigenvalue weighted by molar-refractivity contribution is 0.595. The van der Waals surface area contributed by atoms with Crippen molar-refractivity contribution in [1.82, 2.24) is 0 Å². The molecule has 1 aliphatic carbocycles. The molecule has 0 amide bonds. The van der Waals surface area contributed by atoms with Gasteiger partial charge < -0.3 is 5.73 Å². The van der Waals surface area contributed by atoms with Crippen LogP contribution in [0.25, 0.3) is 0 Å². The Kier molecular flexibility index (Phi) is 3.68. The predicted octanol–water partition coefficient (Wildman–Crippen LogP) is 3.38. The van der Waals surface area contributed by atoms with E-state index < -0.39 is 9.84 Å². The Morgan fingerprint density at radius 3 is 2.62 bits per heavy atom. The van der Waals surface area contributed by atoms with E-state index in [1.165, 1.54) is 5.56 Å². The van der Waals surface area contributed by atoms with E-state index in [9.17, 15) is 8.42 Å². The first-order chi connectivity index (χ1) is 9.95. The van der Waals surface area contributed by atoms with Crippen molar-refractivity contribution >= 4 is 27.1 Å². The van der Waals surface area contributed by atoms with Crippen molar-refractivity contribution in [3.63, 3.8) is 0 Å². The van der Waals surface area contributed by atoms with E-state index in [-0.39, 0.29) is 5.75 Å². The fourth-order valence-electron chi connectivity index (χ4n) is 2.73. The van der Waals surface area contributed by atoms with Crippen LogP contribution in [0.1, 0.15) is 23.1 Å². The van der Waals surface area contributed by atoms with Crippen molar-refractivity contribution in [2.45, 2.75) is 29.9 Å². The quantitative estimate of drug-likeness (QED) is 0.881. The summed E-state index contributed by atoms with van der Waals surface area (Å²) in [6, 6.07) is 10.3. The number of nitrogens with two attached hydrogens (primary N) is 1. The van der Waals surface area contributed by atoms with Crippen LogP contribution in [0, 0.1) is 0 Å². The van der Waals surface area contributed by atoms with Gasteiger partial charge in [0.2, 0.25) is 0 Å². The van der Waals surface area contributed by atoms with Gasteiger partial charge in [-0.05, 0) is 66.3 Å². The molecule has 3 nitrogen and oxygen atoms in total. The summed E-state index contributed by atoms with van der Waals surface area (Å²) in [4.78, 5) is 0.363. The number of fused-ring (bicyclic) bond motifs is 1. The van der Waals surface area contributed by atoms with Gasteiger partial charge in [0.15, 0.2) is 9.84 Å². The van der Waals surface area contributed by atoms with Crippen LogP contribution in [-0.4, -0.2) is 8.42 Å². The van der Waals surface area contributed by atoms with Crippen LogP contribution in [0.3, 0.4) is 0 Å². The maximum absolute atomic E-state index is 12.6. The molecule has 2 aromatic rings. The molecule has 2 N–H and O–H groups in total. The molecule has 0 bridgehead atoms. The maximum Gasteiger partial charge on any atom is 0.182 e. The number of anilines is 1. The first-order valence-corrected chi connectivity index (χ1v) is 8.87. The van der Waals surface area contributed by atoms with E-state index in [0.29, 0.717) is 21.2 Å². The van der Waals surface area contributed by atoms with Crippen molar-refractivity contribution in [1.29, 1.82) is 0 Å². The van der Waals surface area contributed by atoms with Gasteiger partial charge in [0.05, 0.1) is 10.6 Å². The summed E-state index contributed by atoms with van der Waals surface area (Å²) in [5, 5.41) is 0.425. The van der Waals surface area contributed by atoms with Gasteiger partial charge in [0, 0.05) is 10.7 Å². The summed E-state index contributed by atoms with van der Waals surface area (Å²) in [5.74, 6) is -0.129. The number of nitrogen functional groups attached to an aromatic ring is 1. The van der Waals surface area contributed by atoms with Crippen molar-refractivity contribution in [3.05, 3.63) is 58.1 Å². The molecule has 0 radical (unpaired) electrons. The highest BCUT2D eigenvalue weighted by Gasteiger charge is 2.20. The third-order valence-electron chi connectivity index (χ3n) is 3.84. The molecule has 0 fully saturated rings. The van der Waals surface area contributed by atoms with E-state index in [2.05, 4.69) is 0 Å². The first kappa shape index (κ1) is 14.4. The van der Waals surface area contributed by atoms with Crippen LogP contribution < -0.4 is 5.73 Å². The fraction of sp³-hybridized carbons (Fsp3) is 0.250. The normalized spacial score (nSPS) is 14.1. The summed E-state index contributed by atoms with van der Waals surface area (Å²) in [6.45, 7) is 0. The monoisotopic (exact) mass is 321 g/mol. The second-order valence-corrected chi connectivity index (χ2v) is 7.79. The van der Waals surface area contributed by atoms with E-state index >= 15 is 0 Å². The number of halogens is 1. The van der Waals surface area contributed by atoms with Crippen LogP contribution >= 0.6 is 11.6 Å². The van der Waals surface area contributed by atoms with Crippen LogP contribution in [0.5, 0.6) is 0 Å². The summed E-state index contributed by atoms with van der Waals surface area (Å²) in [6.07, 6.45) is 3.09. The number of hydrogen-bond donors (Lipinski definition) is 1. The van der Waals surface area contributed by atoms with Gasteiger partial charge in [0.1, 0.15) is 0 Å². The largest absolute Gasteiger partial charge is 0.399 e. The Hall–Kier alpha value is -1.52. The molecule has 0 aromatic heterocycles. The van der Waals surface area contributed by atoms with E-state index in [0.717, 1.165) is 24.8 Å². The van der Waals surface area contributed by atoms with Crippen molar-refractivity contribution < 1.29 is 8.42 Å². The third-order valence-corrected chi connectivity index (χ3v) is 5.88. The summed E-state index contributed by atoms with van der Waals surface area (Å²) in [5.41, 5.74) is 9.16. The molecule has 5 heteroatoms. The minimum atomic E-state index is -3.41. The van der Waals surface area contributed by atoms with Gasteiger partial charge in [0.25, 0.3) is 0 Å². The van der Waals surface area contributed by atoms with Crippen LogP contribution in [0.15, 0.2) is 41.3 Å². The molecule has 0 saturated heterocycles. The molecule has 0 heterocycles. The molecule has 3 rings (SSSR count). The lowest BCUT2D eigenvalue weighted by Crippen LogP contribution is -2.06. The molecule has 0 aliphatic heterocycles. The predicted molar refractivity (Wildman–Crippen MR) is 85.2 cm³/mol. The Labute approximate surface area is 129 Å². The van der Waals surface area contributed by atoms with Gasteiger partial charge in [-0.2, -0.15) is 0 Å². The van der Waals surface area contributed by atoms with Gasteiger partial charge in [-0.3, -0.25) is 0 Å². The zero-order chi connectivity index (χ0) is 15.0. The zero-order valence-corrected chi connectivity index (χ0v) is 13.0. The number of aryl methyl sites for hydroxylation is 2. The lowest BCUT2D eigenvalue weighted by atomic mass is 10.1. The Bertz CT molecular complexity index is 800.